The molecule has 0 radical (unpaired) electrons. The van der Waals surface area contributed by atoms with Crippen molar-refractivity contribution in [3.8, 4) is 0 Å². The Morgan fingerprint density at radius 3 is 1.89 bits per heavy atom. The molecule has 0 aliphatic heterocycles. The third-order valence-electron chi connectivity index (χ3n) is 5.19. The van der Waals surface area contributed by atoms with E-state index in [1.165, 1.54) is 44.9 Å². The van der Waals surface area contributed by atoms with Crippen LogP contribution in [-0.2, 0) is 0 Å². The zero-order chi connectivity index (χ0) is 14.7. The molecule has 0 aromatic rings. The van der Waals surface area contributed by atoms with Crippen molar-refractivity contribution in [3.63, 3.8) is 0 Å². The minimum atomic E-state index is 0.453. The number of halogens is 1. The van der Waals surface area contributed by atoms with E-state index in [-0.39, 0.29) is 0 Å². The van der Waals surface area contributed by atoms with Crippen LogP contribution in [0.2, 0.25) is 0 Å². The molecule has 1 heteroatoms. The van der Waals surface area contributed by atoms with E-state index >= 15 is 0 Å². The highest BCUT2D eigenvalue weighted by Gasteiger charge is 2.37. The normalized spacial score (nSPS) is 29.5. The minimum absolute atomic E-state index is 0.453. The fraction of sp³-hybridized carbons (Fsp3) is 1.00. The van der Waals surface area contributed by atoms with Crippen molar-refractivity contribution in [3.05, 3.63) is 0 Å². The number of alkyl halides is 1. The smallest absolute Gasteiger partial charge is 0.0280 e. The highest BCUT2D eigenvalue weighted by atomic mass is 35.5. The summed E-state index contributed by atoms with van der Waals surface area (Å²) in [6.45, 7) is 14.2. The lowest BCUT2D eigenvalue weighted by Crippen LogP contribution is -2.34. The molecule has 1 rings (SSSR count). The van der Waals surface area contributed by atoms with Gasteiger partial charge in [-0.25, -0.2) is 0 Å². The average Bonchev–Trinajstić information content (AvgIpc) is 2.26. The van der Waals surface area contributed by atoms with Crippen LogP contribution in [0.4, 0.5) is 0 Å². The molecule has 0 aromatic carbocycles. The van der Waals surface area contributed by atoms with Crippen molar-refractivity contribution in [1.82, 2.24) is 0 Å². The van der Waals surface area contributed by atoms with Gasteiger partial charge in [-0.05, 0) is 60.7 Å². The first kappa shape index (κ1) is 17.3. The second kappa shape index (κ2) is 6.37. The van der Waals surface area contributed by atoms with Crippen LogP contribution in [0.5, 0.6) is 0 Å². The van der Waals surface area contributed by atoms with Crippen LogP contribution < -0.4 is 0 Å². The zero-order valence-corrected chi connectivity index (χ0v) is 14.9. The van der Waals surface area contributed by atoms with Gasteiger partial charge in [0.05, 0.1) is 0 Å². The fourth-order valence-electron chi connectivity index (χ4n) is 3.54. The van der Waals surface area contributed by atoms with E-state index in [0.717, 1.165) is 11.8 Å². The van der Waals surface area contributed by atoms with Crippen molar-refractivity contribution in [1.29, 1.82) is 0 Å². The van der Waals surface area contributed by atoms with Crippen LogP contribution in [0.15, 0.2) is 0 Å². The third kappa shape index (κ3) is 5.66. The molecule has 1 aliphatic carbocycles. The summed E-state index contributed by atoms with van der Waals surface area (Å²) in [4.78, 5) is 0. The van der Waals surface area contributed by atoms with Crippen molar-refractivity contribution in [2.75, 3.05) is 5.88 Å². The summed E-state index contributed by atoms with van der Waals surface area (Å²) in [6, 6.07) is 0. The van der Waals surface area contributed by atoms with Gasteiger partial charge in [-0.15, -0.1) is 11.6 Å². The Bertz CT molecular complexity index is 253. The predicted octanol–water partition coefficient (Wildman–Crippen LogP) is 6.66. The van der Waals surface area contributed by atoms with Gasteiger partial charge < -0.3 is 0 Å². The van der Waals surface area contributed by atoms with Gasteiger partial charge >= 0.3 is 0 Å². The fourth-order valence-corrected chi connectivity index (χ4v) is 3.94. The molecule has 0 nitrogen and oxygen atoms in total. The van der Waals surface area contributed by atoms with Crippen molar-refractivity contribution in [2.45, 2.75) is 86.5 Å². The second-order valence-corrected chi connectivity index (χ2v) is 9.46. The van der Waals surface area contributed by atoms with Gasteiger partial charge in [0, 0.05) is 5.88 Å². The number of hydrogen-bond donors (Lipinski definition) is 0. The highest BCUT2D eigenvalue weighted by molar-refractivity contribution is 6.18. The molecule has 0 bridgehead atoms. The Hall–Kier alpha value is 0.290. The average molecular weight is 287 g/mol. The summed E-state index contributed by atoms with van der Waals surface area (Å²) in [7, 11) is 0. The maximum atomic E-state index is 6.35. The van der Waals surface area contributed by atoms with Crippen LogP contribution in [-0.4, -0.2) is 5.88 Å². The van der Waals surface area contributed by atoms with Gasteiger partial charge in [0.15, 0.2) is 0 Å². The molecule has 1 fully saturated rings. The lowest BCUT2D eigenvalue weighted by Gasteiger charge is -2.43. The molecular weight excluding hydrogens is 252 g/mol. The summed E-state index contributed by atoms with van der Waals surface area (Å²) in [6.07, 6.45) is 9.47. The van der Waals surface area contributed by atoms with Crippen LogP contribution >= 0.6 is 11.6 Å². The van der Waals surface area contributed by atoms with Gasteiger partial charge in [-0.1, -0.05) is 48.0 Å². The van der Waals surface area contributed by atoms with Crippen LogP contribution in [0.1, 0.15) is 86.5 Å². The molecule has 1 aliphatic rings. The first-order chi connectivity index (χ1) is 8.58. The molecule has 19 heavy (non-hydrogen) atoms. The highest BCUT2D eigenvalue weighted by Crippen LogP contribution is 2.48. The summed E-state index contributed by atoms with van der Waals surface area (Å²) >= 11 is 6.35. The lowest BCUT2D eigenvalue weighted by atomic mass is 9.63. The first-order valence-electron chi connectivity index (χ1n) is 8.14. The van der Waals surface area contributed by atoms with Crippen LogP contribution in [0.25, 0.3) is 0 Å². The number of rotatable bonds is 4. The summed E-state index contributed by atoms with van der Waals surface area (Å²) < 4.78 is 0. The van der Waals surface area contributed by atoms with E-state index in [9.17, 15) is 0 Å². The summed E-state index contributed by atoms with van der Waals surface area (Å²) in [5, 5.41) is 0. The Kier molecular flexibility index (Phi) is 5.82. The maximum Gasteiger partial charge on any atom is 0.0280 e. The van der Waals surface area contributed by atoms with E-state index in [1.807, 2.05) is 0 Å². The van der Waals surface area contributed by atoms with E-state index in [4.69, 9.17) is 11.6 Å². The molecule has 0 spiro atoms. The topological polar surface area (TPSA) is 0 Å². The Balaban J connectivity index is 2.47. The first-order valence-corrected chi connectivity index (χ1v) is 8.67. The molecule has 0 saturated heterocycles. The second-order valence-electron chi connectivity index (χ2n) is 9.19. The van der Waals surface area contributed by atoms with Gasteiger partial charge in [0.25, 0.3) is 0 Å². The molecule has 0 atom stereocenters. The van der Waals surface area contributed by atoms with Crippen LogP contribution in [0, 0.1) is 22.2 Å². The lowest BCUT2D eigenvalue weighted by molar-refractivity contribution is 0.0916. The van der Waals surface area contributed by atoms with Gasteiger partial charge in [-0.3, -0.25) is 0 Å². The third-order valence-corrected chi connectivity index (χ3v) is 5.76. The monoisotopic (exact) mass is 286 g/mol. The van der Waals surface area contributed by atoms with Crippen LogP contribution in [0.3, 0.4) is 0 Å². The van der Waals surface area contributed by atoms with E-state index in [2.05, 4.69) is 41.5 Å². The SMILES string of the molecule is CC(C)(C)CCCC1(CCl)CCC(C(C)(C)C)CC1. The van der Waals surface area contributed by atoms with Gasteiger partial charge in [0.2, 0.25) is 0 Å². The minimum Gasteiger partial charge on any atom is -0.126 e. The molecule has 0 aromatic heterocycles. The largest absolute Gasteiger partial charge is 0.126 e. The standard InChI is InChI=1S/C18H35Cl/c1-16(2,3)10-7-11-18(14-19)12-8-15(9-13-18)17(4,5)6/h15H,7-14H2,1-6H3. The van der Waals surface area contributed by atoms with Crippen molar-refractivity contribution >= 4 is 11.6 Å². The molecule has 1 saturated carbocycles. The molecule has 0 heterocycles. The Morgan fingerprint density at radius 2 is 1.53 bits per heavy atom. The van der Waals surface area contributed by atoms with Crippen molar-refractivity contribution < 1.29 is 0 Å². The molecule has 0 unspecified atom stereocenters. The maximum absolute atomic E-state index is 6.35. The quantitative estimate of drug-likeness (QED) is 0.507. The molecule has 0 amide bonds. The molecular formula is C18H35Cl. The van der Waals surface area contributed by atoms with E-state index < -0.39 is 0 Å². The number of hydrogen-bond acceptors (Lipinski definition) is 0. The summed E-state index contributed by atoms with van der Waals surface area (Å²) in [5.41, 5.74) is 1.40. The van der Waals surface area contributed by atoms with E-state index in [0.29, 0.717) is 16.2 Å². The Morgan fingerprint density at radius 1 is 1.00 bits per heavy atom. The Labute approximate surface area is 126 Å². The zero-order valence-electron chi connectivity index (χ0n) is 14.1. The predicted molar refractivity (Wildman–Crippen MR) is 87.9 cm³/mol. The van der Waals surface area contributed by atoms with E-state index in [1.54, 1.807) is 0 Å². The molecule has 114 valence electrons. The summed E-state index contributed by atoms with van der Waals surface area (Å²) in [5.74, 6) is 1.76. The van der Waals surface area contributed by atoms with Crippen molar-refractivity contribution in [2.24, 2.45) is 22.2 Å². The molecule has 0 N–H and O–H groups in total. The van der Waals surface area contributed by atoms with Gasteiger partial charge in [-0.2, -0.15) is 0 Å². The van der Waals surface area contributed by atoms with Gasteiger partial charge in [0.1, 0.15) is 0 Å².